The molecule has 0 radical (unpaired) electrons. The van der Waals surface area contributed by atoms with Crippen LogP contribution in [-0.4, -0.2) is 34.1 Å². The predicted molar refractivity (Wildman–Crippen MR) is 88.3 cm³/mol. The summed E-state index contributed by atoms with van der Waals surface area (Å²) in [7, 11) is 0. The Hall–Kier alpha value is -1.48. The van der Waals surface area contributed by atoms with Gasteiger partial charge in [-0.2, -0.15) is 0 Å². The second kappa shape index (κ2) is 4.51. The van der Waals surface area contributed by atoms with Crippen molar-refractivity contribution in [2.75, 3.05) is 13.1 Å². The van der Waals surface area contributed by atoms with Crippen molar-refractivity contribution in [1.82, 2.24) is 9.88 Å². The van der Waals surface area contributed by atoms with E-state index in [9.17, 15) is 5.11 Å². The quantitative estimate of drug-likeness (QED) is 0.843. The fraction of sp³-hybridized carbons (Fsp3) is 0.579. The van der Waals surface area contributed by atoms with Gasteiger partial charge in [-0.25, -0.2) is 0 Å². The summed E-state index contributed by atoms with van der Waals surface area (Å²) in [6, 6.07) is 6.60. The number of aromatic amines is 1. The molecule has 3 heteroatoms. The first kappa shape index (κ1) is 13.0. The lowest BCUT2D eigenvalue weighted by Crippen LogP contribution is -2.56. The van der Waals surface area contributed by atoms with Gasteiger partial charge < -0.3 is 10.1 Å². The minimum Gasteiger partial charge on any atom is -0.507 e. The zero-order valence-electron chi connectivity index (χ0n) is 13.2. The Kier molecular flexibility index (Phi) is 2.67. The van der Waals surface area contributed by atoms with Crippen LogP contribution in [0.5, 0.6) is 5.75 Å². The van der Waals surface area contributed by atoms with Gasteiger partial charge in [0, 0.05) is 41.6 Å². The Balaban J connectivity index is 1.71. The maximum absolute atomic E-state index is 10.3. The number of aromatic hydroxyl groups is 1. The fourth-order valence-corrected chi connectivity index (χ4v) is 5.73. The van der Waals surface area contributed by atoms with Crippen molar-refractivity contribution < 1.29 is 5.11 Å². The first-order valence-electron chi connectivity index (χ1n) is 8.82. The molecule has 0 spiro atoms. The van der Waals surface area contributed by atoms with Crippen molar-refractivity contribution in [1.29, 1.82) is 0 Å². The van der Waals surface area contributed by atoms with Crippen LogP contribution in [0.2, 0.25) is 0 Å². The molecule has 1 aromatic heterocycles. The number of phenolic OH excluding ortho intramolecular Hbond substituents is 1. The molecule has 5 atom stereocenters. The summed E-state index contributed by atoms with van der Waals surface area (Å²) < 4.78 is 0. The van der Waals surface area contributed by atoms with E-state index in [-0.39, 0.29) is 0 Å². The van der Waals surface area contributed by atoms with E-state index >= 15 is 0 Å². The van der Waals surface area contributed by atoms with Crippen LogP contribution in [-0.2, 0) is 6.42 Å². The molecule has 116 valence electrons. The molecule has 4 aliphatic rings. The van der Waals surface area contributed by atoms with Crippen LogP contribution in [0.3, 0.4) is 0 Å². The molecule has 1 aliphatic carbocycles. The third-order valence-electron chi connectivity index (χ3n) is 6.52. The Morgan fingerprint density at radius 3 is 3.09 bits per heavy atom. The standard InChI is InChI=1S/C19H24N2O/c1-2-12-8-11-9-14-18-13(6-7-21(10-11)19(12)14)17-15(20-18)4-3-5-16(17)22/h3-5,11-12,14,19-20,22H,2,6-10H2,1H3. The molecule has 1 saturated carbocycles. The fourth-order valence-electron chi connectivity index (χ4n) is 5.73. The second-order valence-electron chi connectivity index (χ2n) is 7.56. The maximum Gasteiger partial charge on any atom is 0.125 e. The third kappa shape index (κ3) is 1.60. The van der Waals surface area contributed by atoms with E-state index in [0.29, 0.717) is 17.7 Å². The molecule has 2 saturated heterocycles. The summed E-state index contributed by atoms with van der Waals surface area (Å²) in [6.45, 7) is 4.81. The minimum atomic E-state index is 0.443. The van der Waals surface area contributed by atoms with E-state index in [1.807, 2.05) is 12.1 Å². The number of rotatable bonds is 1. The monoisotopic (exact) mass is 296 g/mol. The number of hydrogen-bond acceptors (Lipinski definition) is 2. The molecule has 0 amide bonds. The summed E-state index contributed by atoms with van der Waals surface area (Å²) in [5, 5.41) is 11.4. The summed E-state index contributed by atoms with van der Waals surface area (Å²) in [6.07, 6.45) is 5.13. The number of benzene rings is 1. The normalized spacial score (nSPS) is 36.3. The molecule has 2 aromatic rings. The molecule has 1 aromatic carbocycles. The smallest absolute Gasteiger partial charge is 0.125 e. The molecule has 3 nitrogen and oxygen atoms in total. The van der Waals surface area contributed by atoms with E-state index < -0.39 is 0 Å². The van der Waals surface area contributed by atoms with E-state index in [2.05, 4.69) is 22.9 Å². The van der Waals surface area contributed by atoms with E-state index in [4.69, 9.17) is 0 Å². The Morgan fingerprint density at radius 2 is 2.23 bits per heavy atom. The van der Waals surface area contributed by atoms with Crippen LogP contribution in [0.4, 0.5) is 0 Å². The van der Waals surface area contributed by atoms with Gasteiger partial charge in [-0.05, 0) is 48.8 Å². The van der Waals surface area contributed by atoms with Crippen LogP contribution in [0, 0.1) is 11.8 Å². The van der Waals surface area contributed by atoms with Gasteiger partial charge in [-0.1, -0.05) is 19.4 Å². The highest BCUT2D eigenvalue weighted by molar-refractivity contribution is 5.90. The predicted octanol–water partition coefficient (Wildman–Crippen LogP) is 3.63. The average Bonchev–Trinajstić information content (AvgIpc) is 2.88. The third-order valence-corrected chi connectivity index (χ3v) is 6.52. The van der Waals surface area contributed by atoms with E-state index in [1.54, 1.807) is 0 Å². The molecule has 22 heavy (non-hydrogen) atoms. The lowest BCUT2D eigenvalue weighted by molar-refractivity contribution is -0.0134. The van der Waals surface area contributed by atoms with Gasteiger partial charge in [0.2, 0.25) is 0 Å². The number of hydrogen-bond donors (Lipinski definition) is 2. The number of piperidine rings is 2. The highest BCUT2D eigenvalue weighted by atomic mass is 16.3. The molecule has 6 rings (SSSR count). The van der Waals surface area contributed by atoms with Gasteiger partial charge in [0.1, 0.15) is 5.75 Å². The molecular weight excluding hydrogens is 272 g/mol. The molecule has 3 fully saturated rings. The Labute approximate surface area is 131 Å². The summed E-state index contributed by atoms with van der Waals surface area (Å²) in [5.41, 5.74) is 3.95. The lowest BCUT2D eigenvalue weighted by atomic mass is 9.65. The molecule has 2 N–H and O–H groups in total. The van der Waals surface area contributed by atoms with Gasteiger partial charge in [0.25, 0.3) is 0 Å². The Morgan fingerprint density at radius 1 is 1.32 bits per heavy atom. The number of phenols is 1. The SMILES string of the molecule is CCC1CC2CC3c4[nH]c5cccc(O)c5c4CCN(C2)C13. The summed E-state index contributed by atoms with van der Waals surface area (Å²) in [5.74, 6) is 2.80. The van der Waals surface area contributed by atoms with Crippen molar-refractivity contribution in [2.45, 2.75) is 44.6 Å². The van der Waals surface area contributed by atoms with E-state index in [1.165, 1.54) is 37.1 Å². The minimum absolute atomic E-state index is 0.443. The maximum atomic E-state index is 10.3. The number of nitrogens with one attached hydrogen (secondary N) is 1. The largest absolute Gasteiger partial charge is 0.507 e. The molecular formula is C19H24N2O. The van der Waals surface area contributed by atoms with Crippen LogP contribution in [0.15, 0.2) is 18.2 Å². The van der Waals surface area contributed by atoms with Gasteiger partial charge in [0.15, 0.2) is 0 Å². The second-order valence-corrected chi connectivity index (χ2v) is 7.56. The average molecular weight is 296 g/mol. The van der Waals surface area contributed by atoms with Gasteiger partial charge in [-0.3, -0.25) is 4.90 Å². The van der Waals surface area contributed by atoms with E-state index in [0.717, 1.165) is 35.7 Å². The lowest BCUT2D eigenvalue weighted by Gasteiger charge is -2.53. The highest BCUT2D eigenvalue weighted by Crippen LogP contribution is 2.51. The van der Waals surface area contributed by atoms with Crippen LogP contribution in [0.25, 0.3) is 10.9 Å². The molecule has 4 heterocycles. The van der Waals surface area contributed by atoms with Gasteiger partial charge in [-0.15, -0.1) is 0 Å². The van der Waals surface area contributed by atoms with Crippen molar-refractivity contribution >= 4 is 10.9 Å². The molecule has 5 unspecified atom stereocenters. The summed E-state index contributed by atoms with van der Waals surface area (Å²) >= 11 is 0. The highest BCUT2D eigenvalue weighted by Gasteiger charge is 2.48. The van der Waals surface area contributed by atoms with Crippen molar-refractivity contribution in [3.8, 4) is 5.75 Å². The zero-order chi connectivity index (χ0) is 14.8. The van der Waals surface area contributed by atoms with Crippen LogP contribution in [0.1, 0.15) is 43.4 Å². The first-order valence-corrected chi connectivity index (χ1v) is 8.82. The first-order chi connectivity index (χ1) is 10.8. The van der Waals surface area contributed by atoms with Gasteiger partial charge in [0.05, 0.1) is 0 Å². The number of aromatic nitrogens is 1. The summed E-state index contributed by atoms with van der Waals surface area (Å²) in [4.78, 5) is 6.46. The van der Waals surface area contributed by atoms with Gasteiger partial charge >= 0.3 is 0 Å². The molecule has 4 bridgehead atoms. The van der Waals surface area contributed by atoms with Crippen LogP contribution < -0.4 is 0 Å². The van der Waals surface area contributed by atoms with Crippen molar-refractivity contribution in [3.63, 3.8) is 0 Å². The number of H-pyrrole nitrogens is 1. The zero-order valence-corrected chi connectivity index (χ0v) is 13.2. The number of fused-ring (bicyclic) bond motifs is 4. The number of nitrogens with zero attached hydrogens (tertiary/aromatic N) is 1. The van der Waals surface area contributed by atoms with Crippen molar-refractivity contribution in [3.05, 3.63) is 29.5 Å². The van der Waals surface area contributed by atoms with Crippen molar-refractivity contribution in [2.24, 2.45) is 11.8 Å². The topological polar surface area (TPSA) is 39.3 Å². The Bertz CT molecular complexity index is 734. The molecule has 3 aliphatic heterocycles. The van der Waals surface area contributed by atoms with Crippen LogP contribution >= 0.6 is 0 Å².